The molecule has 0 bridgehead atoms. The molecular formula is C16H22F2N2O4. The van der Waals surface area contributed by atoms with Gasteiger partial charge in [-0.15, -0.1) is 0 Å². The summed E-state index contributed by atoms with van der Waals surface area (Å²) in [6, 6.07) is 4.91. The van der Waals surface area contributed by atoms with Crippen LogP contribution in [0.2, 0.25) is 0 Å². The third-order valence-electron chi connectivity index (χ3n) is 3.75. The number of rotatable bonds is 6. The molecule has 0 spiro atoms. The van der Waals surface area contributed by atoms with Gasteiger partial charge in [0.05, 0.1) is 13.7 Å². The Hall–Kier alpha value is -2.09. The molecule has 1 heterocycles. The number of methoxy groups -OCH3 is 1. The average Bonchev–Trinajstić information content (AvgIpc) is 2.56. The van der Waals surface area contributed by atoms with E-state index < -0.39 is 6.61 Å². The number of hydrogen-bond donors (Lipinski definition) is 0. The van der Waals surface area contributed by atoms with Gasteiger partial charge in [0, 0.05) is 32.7 Å². The lowest BCUT2D eigenvalue weighted by Gasteiger charge is -2.34. The van der Waals surface area contributed by atoms with Gasteiger partial charge in [-0.05, 0) is 24.6 Å². The standard InChI is InChI=1S/C16H22F2N2O4/c1-3-23-16(21)20-8-6-19(7-9-20)11-12-4-5-13(24-15(17)18)14(10-12)22-2/h4-5,10,15H,3,6-9,11H2,1-2H3. The van der Waals surface area contributed by atoms with Crippen LogP contribution >= 0.6 is 0 Å². The van der Waals surface area contributed by atoms with Crippen LogP contribution in [0.3, 0.4) is 0 Å². The van der Waals surface area contributed by atoms with Crippen LogP contribution < -0.4 is 9.47 Å². The quantitative estimate of drug-likeness (QED) is 0.794. The van der Waals surface area contributed by atoms with E-state index in [0.717, 1.165) is 18.7 Å². The smallest absolute Gasteiger partial charge is 0.409 e. The van der Waals surface area contributed by atoms with Crippen molar-refractivity contribution >= 4 is 6.09 Å². The lowest BCUT2D eigenvalue weighted by Crippen LogP contribution is -2.48. The summed E-state index contributed by atoms with van der Waals surface area (Å²) < 4.78 is 39.2. The average molecular weight is 344 g/mol. The van der Waals surface area contributed by atoms with Gasteiger partial charge in [-0.1, -0.05) is 6.07 Å². The molecule has 0 unspecified atom stereocenters. The van der Waals surface area contributed by atoms with Crippen molar-refractivity contribution in [1.82, 2.24) is 9.80 Å². The second-order valence-corrected chi connectivity index (χ2v) is 5.33. The largest absolute Gasteiger partial charge is 0.493 e. The number of halogens is 2. The SMILES string of the molecule is CCOC(=O)N1CCN(Cc2ccc(OC(F)F)c(OC)c2)CC1. The van der Waals surface area contributed by atoms with Gasteiger partial charge in [0.2, 0.25) is 0 Å². The number of piperazine rings is 1. The molecule has 0 radical (unpaired) electrons. The predicted molar refractivity (Wildman–Crippen MR) is 83.5 cm³/mol. The molecule has 8 heteroatoms. The van der Waals surface area contributed by atoms with Gasteiger partial charge in [0.1, 0.15) is 0 Å². The maximum absolute atomic E-state index is 12.3. The fourth-order valence-electron chi connectivity index (χ4n) is 2.57. The zero-order valence-electron chi connectivity index (χ0n) is 13.8. The predicted octanol–water partition coefficient (Wildman–Crippen LogP) is 2.57. The van der Waals surface area contributed by atoms with Crippen molar-refractivity contribution in [3.63, 3.8) is 0 Å². The van der Waals surface area contributed by atoms with Gasteiger partial charge in [-0.2, -0.15) is 8.78 Å². The van der Waals surface area contributed by atoms with Crippen molar-refractivity contribution in [1.29, 1.82) is 0 Å². The number of carbonyl (C=O) groups is 1. The highest BCUT2D eigenvalue weighted by Crippen LogP contribution is 2.30. The molecule has 1 aromatic carbocycles. The molecule has 1 fully saturated rings. The van der Waals surface area contributed by atoms with Gasteiger partial charge in [-0.3, -0.25) is 4.90 Å². The van der Waals surface area contributed by atoms with Crippen molar-refractivity contribution in [3.8, 4) is 11.5 Å². The number of alkyl halides is 2. The molecular weight excluding hydrogens is 322 g/mol. The summed E-state index contributed by atoms with van der Waals surface area (Å²) >= 11 is 0. The van der Waals surface area contributed by atoms with Crippen LogP contribution in [0.4, 0.5) is 13.6 Å². The molecule has 1 aliphatic heterocycles. The van der Waals surface area contributed by atoms with E-state index in [1.54, 1.807) is 24.0 Å². The van der Waals surface area contributed by atoms with Crippen molar-refractivity contribution < 1.29 is 27.8 Å². The molecule has 0 N–H and O–H groups in total. The summed E-state index contributed by atoms with van der Waals surface area (Å²) in [6.45, 7) is 2.54. The third-order valence-corrected chi connectivity index (χ3v) is 3.75. The molecule has 6 nitrogen and oxygen atoms in total. The van der Waals surface area contributed by atoms with Gasteiger partial charge >= 0.3 is 12.7 Å². The molecule has 0 aromatic heterocycles. The summed E-state index contributed by atoms with van der Waals surface area (Å²) in [7, 11) is 1.41. The van der Waals surface area contributed by atoms with Crippen LogP contribution in [0, 0.1) is 0 Å². The van der Waals surface area contributed by atoms with E-state index in [9.17, 15) is 13.6 Å². The second kappa shape index (κ2) is 8.68. The minimum atomic E-state index is -2.89. The van der Waals surface area contributed by atoms with E-state index >= 15 is 0 Å². The van der Waals surface area contributed by atoms with Gasteiger partial charge in [0.25, 0.3) is 0 Å². The fraction of sp³-hybridized carbons (Fsp3) is 0.562. The summed E-state index contributed by atoms with van der Waals surface area (Å²) in [5, 5.41) is 0. The molecule has 134 valence electrons. The van der Waals surface area contributed by atoms with Crippen molar-refractivity contribution in [2.45, 2.75) is 20.1 Å². The Labute approximate surface area is 139 Å². The van der Waals surface area contributed by atoms with Gasteiger partial charge in [0.15, 0.2) is 11.5 Å². The molecule has 0 aliphatic carbocycles. The fourth-order valence-corrected chi connectivity index (χ4v) is 2.57. The topological polar surface area (TPSA) is 51.2 Å². The Balaban J connectivity index is 1.91. The zero-order valence-corrected chi connectivity index (χ0v) is 13.8. The number of amides is 1. The van der Waals surface area contributed by atoms with E-state index in [1.165, 1.54) is 13.2 Å². The van der Waals surface area contributed by atoms with Crippen molar-refractivity contribution in [3.05, 3.63) is 23.8 Å². The second-order valence-electron chi connectivity index (χ2n) is 5.33. The summed E-state index contributed by atoms with van der Waals surface area (Å²) in [5.41, 5.74) is 0.929. The van der Waals surface area contributed by atoms with Crippen LogP contribution in [-0.2, 0) is 11.3 Å². The van der Waals surface area contributed by atoms with Gasteiger partial charge in [-0.25, -0.2) is 4.79 Å². The number of hydrogen-bond acceptors (Lipinski definition) is 5. The van der Waals surface area contributed by atoms with Gasteiger partial charge < -0.3 is 19.1 Å². The molecule has 24 heavy (non-hydrogen) atoms. The lowest BCUT2D eigenvalue weighted by molar-refractivity contribution is -0.0512. The van der Waals surface area contributed by atoms with E-state index in [-0.39, 0.29) is 17.6 Å². The highest BCUT2D eigenvalue weighted by molar-refractivity contribution is 5.67. The Bertz CT molecular complexity index is 549. The Kier molecular flexibility index (Phi) is 6.60. The highest BCUT2D eigenvalue weighted by Gasteiger charge is 2.22. The van der Waals surface area contributed by atoms with E-state index in [2.05, 4.69) is 9.64 Å². The number of ether oxygens (including phenoxy) is 3. The van der Waals surface area contributed by atoms with Crippen molar-refractivity contribution in [2.75, 3.05) is 39.9 Å². The molecule has 0 atom stereocenters. The lowest BCUT2D eigenvalue weighted by atomic mass is 10.1. The molecule has 1 amide bonds. The molecule has 2 rings (SSSR count). The molecule has 1 aliphatic rings. The molecule has 1 saturated heterocycles. The first-order chi connectivity index (χ1) is 11.5. The van der Waals surface area contributed by atoms with E-state index in [1.807, 2.05) is 0 Å². The minimum Gasteiger partial charge on any atom is -0.493 e. The Morgan fingerprint density at radius 1 is 1.21 bits per heavy atom. The van der Waals surface area contributed by atoms with Crippen LogP contribution in [0.5, 0.6) is 11.5 Å². The van der Waals surface area contributed by atoms with E-state index in [4.69, 9.17) is 9.47 Å². The third kappa shape index (κ3) is 4.95. The summed E-state index contributed by atoms with van der Waals surface area (Å²) in [4.78, 5) is 15.5. The van der Waals surface area contributed by atoms with E-state index in [0.29, 0.717) is 26.2 Å². The Morgan fingerprint density at radius 3 is 2.50 bits per heavy atom. The minimum absolute atomic E-state index is 0.0170. The molecule has 1 aromatic rings. The first-order valence-electron chi connectivity index (χ1n) is 7.79. The number of carbonyl (C=O) groups excluding carboxylic acids is 1. The first-order valence-corrected chi connectivity index (χ1v) is 7.79. The van der Waals surface area contributed by atoms with Crippen molar-refractivity contribution in [2.24, 2.45) is 0 Å². The van der Waals surface area contributed by atoms with Crippen LogP contribution in [0.1, 0.15) is 12.5 Å². The van der Waals surface area contributed by atoms with Crippen LogP contribution in [0.25, 0.3) is 0 Å². The summed E-state index contributed by atoms with van der Waals surface area (Å²) in [6.07, 6.45) is -0.285. The number of benzene rings is 1. The van der Waals surface area contributed by atoms with Crippen LogP contribution in [-0.4, -0.2) is 62.4 Å². The monoisotopic (exact) mass is 344 g/mol. The van der Waals surface area contributed by atoms with Crippen LogP contribution in [0.15, 0.2) is 18.2 Å². The number of nitrogens with zero attached hydrogens (tertiary/aromatic N) is 2. The first kappa shape index (κ1) is 18.3. The maximum atomic E-state index is 12.3. The highest BCUT2D eigenvalue weighted by atomic mass is 19.3. The zero-order chi connectivity index (χ0) is 17.5. The normalized spacial score (nSPS) is 15.5. The summed E-state index contributed by atoms with van der Waals surface area (Å²) in [5.74, 6) is 0.293. The Morgan fingerprint density at radius 2 is 1.92 bits per heavy atom. The molecule has 0 saturated carbocycles. The maximum Gasteiger partial charge on any atom is 0.409 e.